The summed E-state index contributed by atoms with van der Waals surface area (Å²) in [5.41, 5.74) is 4.50. The topological polar surface area (TPSA) is 0 Å². The molecular weight excluding hydrogens is 283 g/mol. The fourth-order valence-electron chi connectivity index (χ4n) is 2.55. The fourth-order valence-corrected chi connectivity index (χ4v) is 5.71. The predicted molar refractivity (Wildman–Crippen MR) is 82.0 cm³/mol. The van der Waals surface area contributed by atoms with Gasteiger partial charge in [-0.25, -0.2) is 0 Å². The van der Waals surface area contributed by atoms with Gasteiger partial charge in [-0.3, -0.25) is 0 Å². The Morgan fingerprint density at radius 2 is 1.83 bits per heavy atom. The van der Waals surface area contributed by atoms with Gasteiger partial charge in [0.05, 0.1) is 0 Å². The summed E-state index contributed by atoms with van der Waals surface area (Å²) >= 11 is 0.701. The molecule has 1 heteroatoms. The number of rotatable bonds is 5. The normalized spacial score (nSPS) is 19.6. The molecule has 0 bridgehead atoms. The molecule has 0 fully saturated rings. The minimum absolute atomic E-state index is 0.701. The first-order valence-electron chi connectivity index (χ1n) is 7.14. The SMILES string of the molecule is CCCCCC1CC(C)=C(c2ccc(C)cc2)[Se]1. The number of unbranched alkanes of at least 4 members (excludes halogenated alkanes) is 2. The van der Waals surface area contributed by atoms with Gasteiger partial charge >= 0.3 is 118 Å². The van der Waals surface area contributed by atoms with E-state index >= 15 is 0 Å². The molecule has 1 unspecified atom stereocenters. The van der Waals surface area contributed by atoms with E-state index in [0.29, 0.717) is 15.0 Å². The number of hydrogen-bond donors (Lipinski definition) is 0. The van der Waals surface area contributed by atoms with E-state index in [1.807, 2.05) is 0 Å². The quantitative estimate of drug-likeness (QED) is 0.518. The molecule has 1 atom stereocenters. The summed E-state index contributed by atoms with van der Waals surface area (Å²) in [6, 6.07) is 9.11. The zero-order chi connectivity index (χ0) is 13.0. The van der Waals surface area contributed by atoms with Crippen molar-refractivity contribution in [3.05, 3.63) is 41.0 Å². The van der Waals surface area contributed by atoms with Crippen LogP contribution in [0.25, 0.3) is 4.47 Å². The monoisotopic (exact) mass is 308 g/mol. The molecule has 1 aliphatic rings. The van der Waals surface area contributed by atoms with Crippen molar-refractivity contribution >= 4 is 19.4 Å². The van der Waals surface area contributed by atoms with Crippen LogP contribution < -0.4 is 0 Å². The Hall–Kier alpha value is -0.521. The maximum atomic E-state index is 2.34. The van der Waals surface area contributed by atoms with E-state index in [9.17, 15) is 0 Å². The van der Waals surface area contributed by atoms with Crippen molar-refractivity contribution in [2.24, 2.45) is 0 Å². The van der Waals surface area contributed by atoms with Gasteiger partial charge in [0.1, 0.15) is 0 Å². The summed E-state index contributed by atoms with van der Waals surface area (Å²) in [7, 11) is 0. The van der Waals surface area contributed by atoms with Crippen molar-refractivity contribution in [2.75, 3.05) is 0 Å². The van der Waals surface area contributed by atoms with E-state index in [1.165, 1.54) is 43.2 Å². The van der Waals surface area contributed by atoms with Crippen LogP contribution in [0, 0.1) is 6.92 Å². The van der Waals surface area contributed by atoms with Gasteiger partial charge in [0, 0.05) is 0 Å². The Kier molecular flexibility index (Phi) is 5.09. The molecule has 0 aromatic heterocycles. The molecule has 1 aromatic rings. The van der Waals surface area contributed by atoms with Crippen molar-refractivity contribution in [3.8, 4) is 0 Å². The average molecular weight is 307 g/mol. The van der Waals surface area contributed by atoms with Crippen LogP contribution in [0.2, 0.25) is 4.82 Å². The Labute approximate surface area is 118 Å². The minimum atomic E-state index is 0.701. The van der Waals surface area contributed by atoms with Gasteiger partial charge in [-0.05, 0) is 0 Å². The third-order valence-electron chi connectivity index (χ3n) is 3.65. The van der Waals surface area contributed by atoms with E-state index in [-0.39, 0.29) is 0 Å². The molecule has 18 heavy (non-hydrogen) atoms. The molecular formula is C17H24Se. The molecule has 0 saturated heterocycles. The van der Waals surface area contributed by atoms with E-state index in [0.717, 1.165) is 4.82 Å². The summed E-state index contributed by atoms with van der Waals surface area (Å²) < 4.78 is 1.68. The van der Waals surface area contributed by atoms with E-state index in [4.69, 9.17) is 0 Å². The summed E-state index contributed by atoms with van der Waals surface area (Å²) in [4.78, 5) is 0.973. The molecule has 2 rings (SSSR count). The number of hydrogen-bond acceptors (Lipinski definition) is 0. The zero-order valence-corrected chi connectivity index (χ0v) is 13.5. The first-order valence-corrected chi connectivity index (χ1v) is 8.98. The first-order chi connectivity index (χ1) is 8.70. The van der Waals surface area contributed by atoms with Gasteiger partial charge in [0.25, 0.3) is 0 Å². The van der Waals surface area contributed by atoms with Crippen LogP contribution in [0.1, 0.15) is 57.1 Å². The Bertz CT molecular complexity index is 414. The van der Waals surface area contributed by atoms with Gasteiger partial charge in [-0.1, -0.05) is 0 Å². The maximum absolute atomic E-state index is 2.34. The molecule has 0 amide bonds. The van der Waals surface area contributed by atoms with Crippen molar-refractivity contribution in [2.45, 2.75) is 57.7 Å². The van der Waals surface area contributed by atoms with Gasteiger partial charge in [-0.15, -0.1) is 0 Å². The molecule has 0 aliphatic carbocycles. The molecule has 1 heterocycles. The van der Waals surface area contributed by atoms with Gasteiger partial charge in [0.2, 0.25) is 0 Å². The summed E-state index contributed by atoms with van der Waals surface area (Å²) in [5, 5.41) is 0. The zero-order valence-electron chi connectivity index (χ0n) is 11.8. The van der Waals surface area contributed by atoms with Crippen LogP contribution in [0.3, 0.4) is 0 Å². The fraction of sp³-hybridized carbons (Fsp3) is 0.529. The van der Waals surface area contributed by atoms with Crippen molar-refractivity contribution in [1.82, 2.24) is 0 Å². The summed E-state index contributed by atoms with van der Waals surface area (Å²) in [5.74, 6) is 0. The number of benzene rings is 1. The second kappa shape index (κ2) is 6.59. The Morgan fingerprint density at radius 3 is 2.50 bits per heavy atom. The molecule has 0 N–H and O–H groups in total. The standard InChI is InChI=1S/C17H24Se/c1-4-5-6-7-16-12-14(3)17(18-16)15-10-8-13(2)9-11-15/h8-11,16H,4-7,12H2,1-3H3. The molecule has 0 spiro atoms. The van der Waals surface area contributed by atoms with Crippen molar-refractivity contribution in [3.63, 3.8) is 0 Å². The molecule has 0 nitrogen and oxygen atoms in total. The molecule has 98 valence electrons. The third-order valence-corrected chi connectivity index (χ3v) is 6.91. The molecule has 1 aromatic carbocycles. The molecule has 1 aliphatic heterocycles. The van der Waals surface area contributed by atoms with Crippen LogP contribution in [0.4, 0.5) is 0 Å². The van der Waals surface area contributed by atoms with Crippen LogP contribution in [-0.2, 0) is 0 Å². The van der Waals surface area contributed by atoms with Crippen LogP contribution in [0.15, 0.2) is 29.8 Å². The number of aryl methyl sites for hydroxylation is 1. The molecule has 0 saturated carbocycles. The van der Waals surface area contributed by atoms with Crippen LogP contribution in [0.5, 0.6) is 0 Å². The van der Waals surface area contributed by atoms with E-state index in [1.54, 1.807) is 10.0 Å². The summed E-state index contributed by atoms with van der Waals surface area (Å²) in [6.45, 7) is 6.80. The number of allylic oxidation sites excluding steroid dienone is 1. The summed E-state index contributed by atoms with van der Waals surface area (Å²) in [6.07, 6.45) is 6.98. The van der Waals surface area contributed by atoms with Crippen molar-refractivity contribution in [1.29, 1.82) is 0 Å². The average Bonchev–Trinajstić information content (AvgIpc) is 2.72. The Balaban J connectivity index is 1.97. The van der Waals surface area contributed by atoms with Crippen LogP contribution in [-0.4, -0.2) is 15.0 Å². The van der Waals surface area contributed by atoms with Gasteiger partial charge < -0.3 is 0 Å². The predicted octanol–water partition coefficient (Wildman–Crippen LogP) is 5.20. The van der Waals surface area contributed by atoms with Gasteiger partial charge in [0.15, 0.2) is 0 Å². The van der Waals surface area contributed by atoms with Crippen molar-refractivity contribution < 1.29 is 0 Å². The van der Waals surface area contributed by atoms with Crippen LogP contribution >= 0.6 is 0 Å². The second-order valence-corrected chi connectivity index (χ2v) is 8.17. The Morgan fingerprint density at radius 1 is 1.11 bits per heavy atom. The second-order valence-electron chi connectivity index (χ2n) is 5.42. The van der Waals surface area contributed by atoms with E-state index < -0.39 is 0 Å². The molecule has 0 radical (unpaired) electrons. The van der Waals surface area contributed by atoms with E-state index in [2.05, 4.69) is 45.0 Å². The first kappa shape index (κ1) is 13.9. The van der Waals surface area contributed by atoms with Gasteiger partial charge in [-0.2, -0.15) is 0 Å². The third kappa shape index (κ3) is 3.49.